The molecule has 1 atom stereocenters. The molecule has 0 amide bonds. The van der Waals surface area contributed by atoms with Crippen LogP contribution in [0.1, 0.15) is 37.6 Å². The zero-order chi connectivity index (χ0) is 13.0. The quantitative estimate of drug-likeness (QED) is 0.739. The Morgan fingerprint density at radius 3 is 2.47 bits per heavy atom. The lowest BCUT2D eigenvalue weighted by atomic mass is 10.0. The van der Waals surface area contributed by atoms with E-state index >= 15 is 0 Å². The van der Waals surface area contributed by atoms with E-state index in [1.165, 1.54) is 0 Å². The molecule has 0 N–H and O–H groups in total. The summed E-state index contributed by atoms with van der Waals surface area (Å²) in [5, 5.41) is 0.632. The summed E-state index contributed by atoms with van der Waals surface area (Å²) in [6.45, 7) is 6.60. The molecule has 0 saturated carbocycles. The number of anilines is 1. The largest absolute Gasteiger partial charge is 0.371 e. The average Bonchev–Trinajstić information content (AvgIpc) is 2.27. The highest BCUT2D eigenvalue weighted by Crippen LogP contribution is 2.28. The smallest absolute Gasteiger partial charge is 0.150 e. The van der Waals surface area contributed by atoms with E-state index in [1.807, 2.05) is 13.1 Å². The summed E-state index contributed by atoms with van der Waals surface area (Å²) in [5.41, 5.74) is 1.59. The van der Waals surface area contributed by atoms with Crippen molar-refractivity contribution >= 4 is 23.6 Å². The van der Waals surface area contributed by atoms with Crippen LogP contribution in [0.15, 0.2) is 18.2 Å². The van der Waals surface area contributed by atoms with Crippen molar-refractivity contribution in [3.05, 3.63) is 28.8 Å². The number of aldehydes is 1. The lowest BCUT2D eigenvalue weighted by molar-refractivity contribution is 0.112. The summed E-state index contributed by atoms with van der Waals surface area (Å²) in [7, 11) is 2.04. The second kappa shape index (κ2) is 6.06. The van der Waals surface area contributed by atoms with E-state index < -0.39 is 0 Å². The summed E-state index contributed by atoms with van der Waals surface area (Å²) in [6.07, 6.45) is 1.93. The summed E-state index contributed by atoms with van der Waals surface area (Å²) in [6, 6.07) is 5.84. The van der Waals surface area contributed by atoms with E-state index in [2.05, 4.69) is 25.7 Å². The number of carbonyl (C=O) groups excluding carboxylic acids is 1. The molecule has 1 rings (SSSR count). The summed E-state index contributed by atoms with van der Waals surface area (Å²) < 4.78 is 0. The maximum Gasteiger partial charge on any atom is 0.150 e. The molecule has 0 fully saturated rings. The van der Waals surface area contributed by atoms with Gasteiger partial charge in [-0.05, 0) is 37.5 Å². The highest BCUT2D eigenvalue weighted by atomic mass is 35.5. The summed E-state index contributed by atoms with van der Waals surface area (Å²) in [4.78, 5) is 12.8. The van der Waals surface area contributed by atoms with Crippen molar-refractivity contribution in [1.29, 1.82) is 0 Å². The molecule has 1 unspecified atom stereocenters. The normalized spacial score (nSPS) is 12.6. The topological polar surface area (TPSA) is 20.3 Å². The van der Waals surface area contributed by atoms with Crippen molar-refractivity contribution in [2.24, 2.45) is 5.92 Å². The van der Waals surface area contributed by atoms with Gasteiger partial charge in [-0.15, -0.1) is 0 Å². The van der Waals surface area contributed by atoms with E-state index in [1.54, 1.807) is 12.1 Å². The van der Waals surface area contributed by atoms with Gasteiger partial charge in [-0.3, -0.25) is 4.79 Å². The third kappa shape index (κ3) is 3.74. The van der Waals surface area contributed by atoms with Gasteiger partial charge in [0.2, 0.25) is 0 Å². The minimum absolute atomic E-state index is 0.426. The van der Waals surface area contributed by atoms with E-state index in [9.17, 15) is 4.79 Å². The van der Waals surface area contributed by atoms with Gasteiger partial charge in [-0.2, -0.15) is 0 Å². The van der Waals surface area contributed by atoms with Gasteiger partial charge in [0.1, 0.15) is 6.29 Å². The van der Waals surface area contributed by atoms with Crippen LogP contribution in [0.5, 0.6) is 0 Å². The van der Waals surface area contributed by atoms with Gasteiger partial charge in [-0.1, -0.05) is 25.4 Å². The molecule has 1 aromatic carbocycles. The first-order valence-electron chi connectivity index (χ1n) is 5.93. The minimum atomic E-state index is 0.426. The molecule has 2 nitrogen and oxygen atoms in total. The van der Waals surface area contributed by atoms with Gasteiger partial charge in [0.15, 0.2) is 0 Å². The maximum absolute atomic E-state index is 10.6. The lowest BCUT2D eigenvalue weighted by Crippen LogP contribution is -2.30. The number of hydrogen-bond acceptors (Lipinski definition) is 2. The number of halogens is 1. The van der Waals surface area contributed by atoms with E-state index in [0.717, 1.165) is 18.4 Å². The highest BCUT2D eigenvalue weighted by molar-refractivity contribution is 6.33. The van der Waals surface area contributed by atoms with Crippen LogP contribution >= 0.6 is 11.6 Å². The van der Waals surface area contributed by atoms with Crippen LogP contribution in [0.3, 0.4) is 0 Å². The zero-order valence-corrected chi connectivity index (χ0v) is 11.7. The Morgan fingerprint density at radius 1 is 1.35 bits per heavy atom. The van der Waals surface area contributed by atoms with Crippen LogP contribution in [0, 0.1) is 5.92 Å². The van der Waals surface area contributed by atoms with E-state index in [0.29, 0.717) is 22.5 Å². The van der Waals surface area contributed by atoms with E-state index in [4.69, 9.17) is 11.6 Å². The zero-order valence-electron chi connectivity index (χ0n) is 10.9. The molecule has 0 aliphatic rings. The second-order valence-electron chi connectivity index (χ2n) is 4.92. The number of carbonyl (C=O) groups is 1. The van der Waals surface area contributed by atoms with Crippen molar-refractivity contribution in [1.82, 2.24) is 0 Å². The standard InChI is InChI=1S/C14H20ClNO/c1-10(2)7-11(3)16(4)14-6-5-12(9-17)8-13(14)15/h5-6,8-11H,7H2,1-4H3. The summed E-state index contributed by atoms with van der Waals surface area (Å²) in [5.74, 6) is 0.653. The van der Waals surface area contributed by atoms with Gasteiger partial charge < -0.3 is 4.90 Å². The molecule has 3 heteroatoms. The molecule has 0 aliphatic heterocycles. The monoisotopic (exact) mass is 253 g/mol. The first-order chi connectivity index (χ1) is 7.95. The molecule has 0 radical (unpaired) electrons. The Hall–Kier alpha value is -1.02. The SMILES string of the molecule is CC(C)CC(C)N(C)c1ccc(C=O)cc1Cl. The van der Waals surface area contributed by atoms with Gasteiger partial charge in [0.05, 0.1) is 10.7 Å². The predicted octanol–water partition coefficient (Wildman–Crippen LogP) is 4.02. The van der Waals surface area contributed by atoms with Crippen LogP contribution in [-0.2, 0) is 0 Å². The van der Waals surface area contributed by atoms with E-state index in [-0.39, 0.29) is 0 Å². The van der Waals surface area contributed by atoms with Gasteiger partial charge in [0, 0.05) is 18.7 Å². The lowest BCUT2D eigenvalue weighted by Gasteiger charge is -2.29. The molecular formula is C14H20ClNO. The molecule has 0 aromatic heterocycles. The first-order valence-corrected chi connectivity index (χ1v) is 6.31. The third-order valence-electron chi connectivity index (χ3n) is 2.96. The number of nitrogens with zero attached hydrogens (tertiary/aromatic N) is 1. The Balaban J connectivity index is 2.88. The second-order valence-corrected chi connectivity index (χ2v) is 5.33. The third-order valence-corrected chi connectivity index (χ3v) is 3.26. The van der Waals surface area contributed by atoms with Crippen LogP contribution in [0.4, 0.5) is 5.69 Å². The van der Waals surface area contributed by atoms with Gasteiger partial charge in [-0.25, -0.2) is 0 Å². The van der Waals surface area contributed by atoms with Crippen molar-refractivity contribution in [3.8, 4) is 0 Å². The number of benzene rings is 1. The molecule has 0 spiro atoms. The molecule has 94 valence electrons. The fraction of sp³-hybridized carbons (Fsp3) is 0.500. The average molecular weight is 254 g/mol. The Morgan fingerprint density at radius 2 is 2.00 bits per heavy atom. The van der Waals surface area contributed by atoms with Crippen molar-refractivity contribution in [2.75, 3.05) is 11.9 Å². The highest BCUT2D eigenvalue weighted by Gasteiger charge is 2.14. The molecule has 17 heavy (non-hydrogen) atoms. The minimum Gasteiger partial charge on any atom is -0.371 e. The van der Waals surface area contributed by atoms with Crippen LogP contribution < -0.4 is 4.90 Å². The first kappa shape index (κ1) is 14.0. The van der Waals surface area contributed by atoms with Crippen LogP contribution in [-0.4, -0.2) is 19.4 Å². The van der Waals surface area contributed by atoms with Crippen LogP contribution in [0.25, 0.3) is 0 Å². The van der Waals surface area contributed by atoms with Crippen LogP contribution in [0.2, 0.25) is 5.02 Å². The molecule has 0 bridgehead atoms. The molecule has 0 saturated heterocycles. The van der Waals surface area contributed by atoms with Crippen molar-refractivity contribution in [2.45, 2.75) is 33.2 Å². The van der Waals surface area contributed by atoms with Gasteiger partial charge in [0.25, 0.3) is 0 Å². The Kier molecular flexibility index (Phi) is 5.01. The number of rotatable bonds is 5. The maximum atomic E-state index is 10.6. The van der Waals surface area contributed by atoms with Crippen molar-refractivity contribution in [3.63, 3.8) is 0 Å². The molecule has 0 aliphatic carbocycles. The fourth-order valence-electron chi connectivity index (χ4n) is 1.96. The molecular weight excluding hydrogens is 234 g/mol. The fourth-order valence-corrected chi connectivity index (χ4v) is 2.28. The molecule has 1 aromatic rings. The number of hydrogen-bond donors (Lipinski definition) is 0. The van der Waals surface area contributed by atoms with Crippen molar-refractivity contribution < 1.29 is 4.79 Å². The Labute approximate surface area is 109 Å². The van der Waals surface area contributed by atoms with Gasteiger partial charge >= 0.3 is 0 Å². The summed E-state index contributed by atoms with van der Waals surface area (Å²) >= 11 is 6.18. The molecule has 0 heterocycles. The predicted molar refractivity (Wildman–Crippen MR) is 74.2 cm³/mol. The Bertz CT molecular complexity index is 390.